The molecule has 11 heteroatoms. The molecule has 0 atom stereocenters. The van der Waals surface area contributed by atoms with Crippen molar-refractivity contribution >= 4 is 58.8 Å². The minimum absolute atomic E-state index is 0.264. The second kappa shape index (κ2) is 14.7. The van der Waals surface area contributed by atoms with Gasteiger partial charge in [0.2, 0.25) is 0 Å². The van der Waals surface area contributed by atoms with E-state index < -0.39 is 0 Å². The Kier molecular flexibility index (Phi) is 12.4. The Bertz CT molecular complexity index is 1160. The quantitative estimate of drug-likeness (QED) is 0.214. The Morgan fingerprint density at radius 2 is 2.00 bits per heavy atom. The lowest BCUT2D eigenvalue weighted by Crippen LogP contribution is -2.12. The molecule has 0 spiro atoms. The molecule has 2 aromatic heterocycles. The van der Waals surface area contributed by atoms with Gasteiger partial charge in [0.25, 0.3) is 0 Å². The van der Waals surface area contributed by atoms with Crippen LogP contribution in [0.2, 0.25) is 10.0 Å². The number of aldehydes is 1. The van der Waals surface area contributed by atoms with Crippen LogP contribution in [0.3, 0.4) is 0 Å². The van der Waals surface area contributed by atoms with Gasteiger partial charge >= 0.3 is 0 Å². The van der Waals surface area contributed by atoms with Crippen molar-refractivity contribution in [2.75, 3.05) is 19.0 Å². The van der Waals surface area contributed by atoms with Crippen LogP contribution in [-0.4, -0.2) is 42.2 Å². The summed E-state index contributed by atoms with van der Waals surface area (Å²) in [5, 5.41) is 26.1. The number of aliphatic hydroxyl groups is 1. The van der Waals surface area contributed by atoms with Gasteiger partial charge in [0, 0.05) is 46.2 Å². The molecule has 0 saturated carbocycles. The molecule has 2 heterocycles. The van der Waals surface area contributed by atoms with Crippen molar-refractivity contribution in [2.24, 2.45) is 10.7 Å². The van der Waals surface area contributed by atoms with E-state index in [-0.39, 0.29) is 12.4 Å². The highest BCUT2D eigenvalue weighted by molar-refractivity contribution is 7.18. The number of nitrogens with two attached hydrogens (primary N) is 1. The molecule has 172 valence electrons. The van der Waals surface area contributed by atoms with E-state index >= 15 is 0 Å². The van der Waals surface area contributed by atoms with Crippen LogP contribution in [0.1, 0.15) is 11.8 Å². The third-order valence-corrected chi connectivity index (χ3v) is 5.52. The number of nitrogens with one attached hydrogen (secondary N) is 2. The number of benzene rings is 1. The van der Waals surface area contributed by atoms with E-state index in [2.05, 4.69) is 15.3 Å². The van der Waals surface area contributed by atoms with Gasteiger partial charge in [0.1, 0.15) is 24.3 Å². The average molecular weight is 505 g/mol. The van der Waals surface area contributed by atoms with Crippen molar-refractivity contribution < 1.29 is 9.90 Å². The lowest BCUT2D eigenvalue weighted by molar-refractivity contribution is -0.110. The molecule has 3 aromatic rings. The maximum atomic E-state index is 8.92. The zero-order valence-electron chi connectivity index (χ0n) is 17.8. The predicted molar refractivity (Wildman–Crippen MR) is 136 cm³/mol. The number of hydrogen-bond donors (Lipinski definition) is 4. The van der Waals surface area contributed by atoms with Gasteiger partial charge in [-0.1, -0.05) is 29.3 Å². The summed E-state index contributed by atoms with van der Waals surface area (Å²) in [5.41, 5.74) is 8.73. The van der Waals surface area contributed by atoms with Crippen molar-refractivity contribution in [2.45, 2.75) is 6.92 Å². The van der Waals surface area contributed by atoms with Gasteiger partial charge in [-0.25, -0.2) is 9.98 Å². The number of aliphatic imine (C=N–C) groups is 1. The molecule has 3 rings (SSSR count). The Hall–Kier alpha value is -3.29. The average Bonchev–Trinajstić information content (AvgIpc) is 3.25. The van der Waals surface area contributed by atoms with E-state index in [1.54, 1.807) is 24.4 Å². The summed E-state index contributed by atoms with van der Waals surface area (Å²) in [7, 11) is 1.82. The standard InChI is InChI=1S/C18H15Cl2N5S.C2H3N.C2H4O2/c1-23-16-6-10(4-5-24-16)15-8-13(17(26-15)18(22)25-9-21)12-3-2-11(19)7-14(12)20;1-2-3;3-1-2-4/h2-9H,1H3,(H,23,24)(H3,21,22,25);1H3;1,4H,2H2. The zero-order chi connectivity index (χ0) is 24.8. The van der Waals surface area contributed by atoms with Crippen LogP contribution in [0.25, 0.3) is 21.6 Å². The van der Waals surface area contributed by atoms with Crippen molar-refractivity contribution in [3.8, 4) is 27.6 Å². The first kappa shape index (κ1) is 27.7. The molecule has 5 N–H and O–H groups in total. The fourth-order valence-electron chi connectivity index (χ4n) is 2.48. The van der Waals surface area contributed by atoms with Crippen LogP contribution in [0.15, 0.2) is 47.6 Å². The van der Waals surface area contributed by atoms with E-state index in [4.69, 9.17) is 49.5 Å². The summed E-state index contributed by atoms with van der Waals surface area (Å²) < 4.78 is 0. The molecule has 0 aliphatic carbocycles. The molecule has 0 amide bonds. The summed E-state index contributed by atoms with van der Waals surface area (Å²) in [6, 6.07) is 13.0. The second-order valence-corrected chi connectivity index (χ2v) is 7.77. The van der Waals surface area contributed by atoms with E-state index in [1.807, 2.05) is 31.3 Å². The van der Waals surface area contributed by atoms with Crippen LogP contribution in [0.4, 0.5) is 5.82 Å². The Morgan fingerprint density at radius 3 is 2.55 bits per heavy atom. The first-order valence-corrected chi connectivity index (χ1v) is 10.8. The molecule has 8 nitrogen and oxygen atoms in total. The van der Waals surface area contributed by atoms with E-state index in [9.17, 15) is 0 Å². The van der Waals surface area contributed by atoms with Crippen molar-refractivity contribution in [1.82, 2.24) is 4.98 Å². The normalized spacial score (nSPS) is 10.0. The predicted octanol–water partition coefficient (Wildman–Crippen LogP) is 4.85. The summed E-state index contributed by atoms with van der Waals surface area (Å²) in [4.78, 5) is 18.8. The van der Waals surface area contributed by atoms with Gasteiger partial charge < -0.3 is 21.0 Å². The number of aliphatic hydroxyl groups excluding tert-OH is 1. The maximum Gasteiger partial charge on any atom is 0.145 e. The largest absolute Gasteiger partial charge is 0.389 e. The van der Waals surface area contributed by atoms with Gasteiger partial charge in [-0.3, -0.25) is 5.41 Å². The number of pyridine rings is 1. The zero-order valence-corrected chi connectivity index (χ0v) is 20.2. The number of rotatable bonds is 6. The van der Waals surface area contributed by atoms with Crippen LogP contribution in [0.5, 0.6) is 0 Å². The van der Waals surface area contributed by atoms with E-state index in [0.29, 0.717) is 16.3 Å². The lowest BCUT2D eigenvalue weighted by Gasteiger charge is -2.06. The molecule has 0 aliphatic heterocycles. The van der Waals surface area contributed by atoms with Gasteiger partial charge in [-0.05, 0) is 35.9 Å². The highest BCUT2D eigenvalue weighted by Crippen LogP contribution is 2.40. The number of nitrogens with zero attached hydrogens (tertiary/aromatic N) is 3. The number of halogens is 2. The van der Waals surface area contributed by atoms with Crippen LogP contribution in [0, 0.1) is 16.7 Å². The first-order valence-electron chi connectivity index (χ1n) is 9.28. The molecule has 0 aliphatic rings. The van der Waals surface area contributed by atoms with E-state index in [0.717, 1.165) is 38.6 Å². The third-order valence-electron chi connectivity index (χ3n) is 3.76. The molecule has 1 aromatic carbocycles. The molecular formula is C22H22Cl2N6O2S. The van der Waals surface area contributed by atoms with Gasteiger partial charge in [0.05, 0.1) is 17.6 Å². The highest BCUT2D eigenvalue weighted by Gasteiger charge is 2.17. The maximum absolute atomic E-state index is 8.92. The third kappa shape index (κ3) is 8.29. The molecular weight excluding hydrogens is 483 g/mol. The number of carbonyl (C=O) groups excluding carboxylic acids is 1. The first-order chi connectivity index (χ1) is 15.9. The van der Waals surface area contributed by atoms with E-state index in [1.165, 1.54) is 18.3 Å². The molecule has 0 fully saturated rings. The molecule has 0 radical (unpaired) electrons. The van der Waals surface area contributed by atoms with Crippen molar-refractivity contribution in [3.05, 3.63) is 57.5 Å². The van der Waals surface area contributed by atoms with Crippen LogP contribution in [-0.2, 0) is 4.79 Å². The summed E-state index contributed by atoms with van der Waals surface area (Å²) in [5.74, 6) is 1.03. The minimum atomic E-state index is -0.361. The molecule has 0 saturated heterocycles. The van der Waals surface area contributed by atoms with Gasteiger partial charge in [0.15, 0.2) is 0 Å². The molecule has 0 unspecified atom stereocenters. The SMILES string of the molecule is CC#N.CNc1cc(-c2cc(-c3ccc(Cl)cc3Cl)c(C(N)=NC=N)s2)ccn1.O=CCO. The second-order valence-electron chi connectivity index (χ2n) is 5.87. The number of hydrogen-bond acceptors (Lipinski definition) is 7. The smallest absolute Gasteiger partial charge is 0.145 e. The number of anilines is 1. The topological polar surface area (TPSA) is 148 Å². The number of aromatic nitrogens is 1. The number of amidine groups is 1. The lowest BCUT2D eigenvalue weighted by atomic mass is 10.0. The van der Waals surface area contributed by atoms with Gasteiger partial charge in [-0.2, -0.15) is 5.26 Å². The minimum Gasteiger partial charge on any atom is -0.389 e. The number of nitriles is 1. The molecule has 0 bridgehead atoms. The monoisotopic (exact) mass is 504 g/mol. The number of thiophene rings is 1. The van der Waals surface area contributed by atoms with Crippen molar-refractivity contribution in [1.29, 1.82) is 10.7 Å². The summed E-state index contributed by atoms with van der Waals surface area (Å²) in [6.45, 7) is 1.07. The fraction of sp³-hybridized carbons (Fsp3) is 0.136. The summed E-state index contributed by atoms with van der Waals surface area (Å²) in [6.07, 6.45) is 3.10. The van der Waals surface area contributed by atoms with Crippen LogP contribution < -0.4 is 11.1 Å². The van der Waals surface area contributed by atoms with Crippen molar-refractivity contribution in [3.63, 3.8) is 0 Å². The Balaban J connectivity index is 0.000000688. The number of carbonyl (C=O) groups is 1. The fourth-order valence-corrected chi connectivity index (χ4v) is 4.07. The molecule has 33 heavy (non-hydrogen) atoms. The Labute approximate surface area is 205 Å². The van der Waals surface area contributed by atoms with Crippen LogP contribution >= 0.6 is 34.5 Å². The Morgan fingerprint density at radius 1 is 1.33 bits per heavy atom. The van der Waals surface area contributed by atoms with Gasteiger partial charge in [-0.15, -0.1) is 11.3 Å². The highest BCUT2D eigenvalue weighted by atomic mass is 35.5. The summed E-state index contributed by atoms with van der Waals surface area (Å²) >= 11 is 13.9.